The van der Waals surface area contributed by atoms with Crippen molar-refractivity contribution in [2.45, 2.75) is 39.4 Å². The lowest BCUT2D eigenvalue weighted by molar-refractivity contribution is -0.137. The topological polar surface area (TPSA) is 90.4 Å². The lowest BCUT2D eigenvalue weighted by Crippen LogP contribution is -2.43. The molecule has 1 amide bonds. The molecule has 0 bridgehead atoms. The van der Waals surface area contributed by atoms with Crippen LogP contribution in [0.5, 0.6) is 0 Å². The largest absolute Gasteiger partial charge is 0.419 e. The highest BCUT2D eigenvalue weighted by Gasteiger charge is 2.33. The van der Waals surface area contributed by atoms with Crippen molar-refractivity contribution in [3.05, 3.63) is 23.9 Å². The van der Waals surface area contributed by atoms with Crippen molar-refractivity contribution in [1.82, 2.24) is 20.9 Å². The van der Waals surface area contributed by atoms with Crippen LogP contribution in [-0.2, 0) is 11.0 Å². The van der Waals surface area contributed by atoms with Crippen LogP contribution in [0.15, 0.2) is 23.3 Å². The van der Waals surface area contributed by atoms with Gasteiger partial charge in [0.2, 0.25) is 5.91 Å². The maximum absolute atomic E-state index is 12.9. The summed E-state index contributed by atoms with van der Waals surface area (Å²) in [7, 11) is 0. The Morgan fingerprint density at radius 2 is 1.89 bits per heavy atom. The fraction of sp³-hybridized carbons (Fsp3) is 0.588. The highest BCUT2D eigenvalue weighted by atomic mass is 19.4. The van der Waals surface area contributed by atoms with Crippen molar-refractivity contribution in [3.8, 4) is 0 Å². The average molecular weight is 388 g/mol. The molecule has 0 atom stereocenters. The van der Waals surface area contributed by atoms with Gasteiger partial charge in [-0.1, -0.05) is 0 Å². The second-order valence-corrected chi connectivity index (χ2v) is 6.74. The van der Waals surface area contributed by atoms with Crippen molar-refractivity contribution >= 4 is 17.7 Å². The number of nitrogens with one attached hydrogen (secondary N) is 4. The molecule has 0 aliphatic heterocycles. The minimum absolute atomic E-state index is 0.0570. The van der Waals surface area contributed by atoms with Gasteiger partial charge in [0, 0.05) is 31.4 Å². The van der Waals surface area contributed by atoms with E-state index in [-0.39, 0.29) is 30.4 Å². The summed E-state index contributed by atoms with van der Waals surface area (Å²) in [6.07, 6.45) is -3.18. The van der Waals surface area contributed by atoms with Gasteiger partial charge in [0.25, 0.3) is 0 Å². The van der Waals surface area contributed by atoms with E-state index in [1.165, 1.54) is 12.3 Å². The summed E-state index contributed by atoms with van der Waals surface area (Å²) in [5.41, 5.74) is -1.16. The number of pyridine rings is 1. The Bertz CT molecular complexity index is 640. The summed E-state index contributed by atoms with van der Waals surface area (Å²) in [5, 5.41) is 11.4. The van der Waals surface area contributed by atoms with Crippen molar-refractivity contribution in [1.29, 1.82) is 0 Å². The fourth-order valence-electron chi connectivity index (χ4n) is 2.09. The standard InChI is InChI=1S/C17H27F3N6O/c1-5-21-15(25-11-13(27)26-16(2,3)4)24-10-9-23-14-12(17(18,19)20)7-6-8-22-14/h6-8H,5,9-11H2,1-4H3,(H,22,23)(H,26,27)(H2,21,24,25). The summed E-state index contributed by atoms with van der Waals surface area (Å²) in [6, 6.07) is 2.22. The fourth-order valence-corrected chi connectivity index (χ4v) is 2.09. The summed E-state index contributed by atoms with van der Waals surface area (Å²) in [5.74, 6) is -0.0418. The van der Waals surface area contributed by atoms with Crippen LogP contribution in [0.4, 0.5) is 19.0 Å². The van der Waals surface area contributed by atoms with Crippen LogP contribution in [0.1, 0.15) is 33.3 Å². The van der Waals surface area contributed by atoms with E-state index in [4.69, 9.17) is 0 Å². The molecule has 1 heterocycles. The van der Waals surface area contributed by atoms with Crippen LogP contribution in [0.25, 0.3) is 0 Å². The number of rotatable bonds is 7. The molecule has 0 unspecified atom stereocenters. The number of carbonyl (C=O) groups excluding carboxylic acids is 1. The third kappa shape index (κ3) is 9.11. The molecule has 4 N–H and O–H groups in total. The van der Waals surface area contributed by atoms with Gasteiger partial charge in [-0.05, 0) is 39.8 Å². The zero-order valence-corrected chi connectivity index (χ0v) is 16.0. The van der Waals surface area contributed by atoms with Crippen LogP contribution >= 0.6 is 0 Å². The predicted molar refractivity (Wildman–Crippen MR) is 99.6 cm³/mol. The molecule has 1 rings (SSSR count). The summed E-state index contributed by atoms with van der Waals surface area (Å²) < 4.78 is 38.8. The first kappa shape index (κ1) is 22.5. The number of halogens is 3. The van der Waals surface area contributed by atoms with Crippen LogP contribution in [-0.4, -0.2) is 48.6 Å². The zero-order chi connectivity index (χ0) is 20.5. The number of aliphatic imine (C=N–C) groups is 1. The van der Waals surface area contributed by atoms with Gasteiger partial charge in [-0.2, -0.15) is 13.2 Å². The molecule has 10 heteroatoms. The third-order valence-corrected chi connectivity index (χ3v) is 3.06. The van der Waals surface area contributed by atoms with Gasteiger partial charge in [-0.15, -0.1) is 0 Å². The highest BCUT2D eigenvalue weighted by molar-refractivity contribution is 5.85. The Morgan fingerprint density at radius 1 is 1.19 bits per heavy atom. The summed E-state index contributed by atoms with van der Waals surface area (Å²) >= 11 is 0. The molecule has 1 aromatic rings. The normalized spacial score (nSPS) is 12.5. The molecule has 0 spiro atoms. The van der Waals surface area contributed by atoms with Crippen molar-refractivity contribution in [2.75, 3.05) is 31.5 Å². The van der Waals surface area contributed by atoms with E-state index < -0.39 is 11.7 Å². The second kappa shape index (κ2) is 9.98. The van der Waals surface area contributed by atoms with Gasteiger partial charge in [0.05, 0.1) is 5.56 Å². The number of anilines is 1. The first-order valence-corrected chi connectivity index (χ1v) is 8.62. The quantitative estimate of drug-likeness (QED) is 0.326. The van der Waals surface area contributed by atoms with Crippen molar-refractivity contribution in [3.63, 3.8) is 0 Å². The van der Waals surface area contributed by atoms with E-state index >= 15 is 0 Å². The van der Waals surface area contributed by atoms with Gasteiger partial charge >= 0.3 is 6.18 Å². The number of nitrogens with zero attached hydrogens (tertiary/aromatic N) is 2. The van der Waals surface area contributed by atoms with E-state index in [1.807, 2.05) is 27.7 Å². The first-order chi connectivity index (χ1) is 12.5. The average Bonchev–Trinajstić information content (AvgIpc) is 2.54. The van der Waals surface area contributed by atoms with Crippen LogP contribution < -0.4 is 21.3 Å². The molecule has 0 aromatic carbocycles. The van der Waals surface area contributed by atoms with Gasteiger partial charge in [-0.25, -0.2) is 9.98 Å². The Hall–Kier alpha value is -2.52. The van der Waals surface area contributed by atoms with E-state index in [2.05, 4.69) is 31.2 Å². The predicted octanol–water partition coefficient (Wildman–Crippen LogP) is 1.98. The molecular weight excluding hydrogens is 361 g/mol. The zero-order valence-electron chi connectivity index (χ0n) is 16.0. The van der Waals surface area contributed by atoms with Gasteiger partial charge in [0.1, 0.15) is 12.4 Å². The summed E-state index contributed by atoms with van der Waals surface area (Å²) in [6.45, 7) is 8.49. The number of aromatic nitrogens is 1. The SMILES string of the molecule is CCNC(=NCC(=O)NC(C)(C)C)NCCNc1ncccc1C(F)(F)F. The molecular formula is C17H27F3N6O. The molecule has 152 valence electrons. The van der Waals surface area contributed by atoms with E-state index in [9.17, 15) is 18.0 Å². The van der Waals surface area contributed by atoms with E-state index in [1.54, 1.807) is 0 Å². The van der Waals surface area contributed by atoms with Crippen molar-refractivity contribution in [2.24, 2.45) is 4.99 Å². The smallest absolute Gasteiger partial charge is 0.368 e. The number of hydrogen-bond acceptors (Lipinski definition) is 4. The molecule has 0 fully saturated rings. The Kier molecular flexibility index (Phi) is 8.32. The third-order valence-electron chi connectivity index (χ3n) is 3.06. The van der Waals surface area contributed by atoms with Gasteiger partial charge < -0.3 is 21.3 Å². The number of carbonyl (C=O) groups is 1. The summed E-state index contributed by atoms with van der Waals surface area (Å²) in [4.78, 5) is 19.7. The number of alkyl halides is 3. The van der Waals surface area contributed by atoms with E-state index in [0.717, 1.165) is 6.07 Å². The minimum atomic E-state index is -4.47. The van der Waals surface area contributed by atoms with Crippen LogP contribution in [0.2, 0.25) is 0 Å². The molecule has 1 aromatic heterocycles. The lowest BCUT2D eigenvalue weighted by Gasteiger charge is -2.20. The Labute approximate surface area is 157 Å². The molecule has 0 aliphatic carbocycles. The Morgan fingerprint density at radius 3 is 2.48 bits per heavy atom. The lowest BCUT2D eigenvalue weighted by atomic mass is 10.1. The second-order valence-electron chi connectivity index (χ2n) is 6.74. The maximum Gasteiger partial charge on any atom is 0.419 e. The number of guanidine groups is 1. The molecule has 0 saturated carbocycles. The van der Waals surface area contributed by atoms with Crippen LogP contribution in [0, 0.1) is 0 Å². The van der Waals surface area contributed by atoms with Crippen molar-refractivity contribution < 1.29 is 18.0 Å². The molecule has 0 saturated heterocycles. The van der Waals surface area contributed by atoms with Gasteiger partial charge in [0.15, 0.2) is 5.96 Å². The first-order valence-electron chi connectivity index (χ1n) is 8.62. The Balaban J connectivity index is 2.54. The molecule has 0 radical (unpaired) electrons. The van der Waals surface area contributed by atoms with E-state index in [0.29, 0.717) is 19.0 Å². The number of amides is 1. The highest BCUT2D eigenvalue weighted by Crippen LogP contribution is 2.33. The van der Waals surface area contributed by atoms with Gasteiger partial charge in [-0.3, -0.25) is 4.79 Å². The molecule has 27 heavy (non-hydrogen) atoms. The minimum Gasteiger partial charge on any atom is -0.368 e. The molecule has 0 aliphatic rings. The molecule has 7 nitrogen and oxygen atoms in total. The number of hydrogen-bond donors (Lipinski definition) is 4. The van der Waals surface area contributed by atoms with Crippen LogP contribution in [0.3, 0.4) is 0 Å². The monoisotopic (exact) mass is 388 g/mol. The maximum atomic E-state index is 12.9.